The highest BCUT2D eigenvalue weighted by Gasteiger charge is 2.21. The van der Waals surface area contributed by atoms with Crippen LogP contribution in [0.2, 0.25) is 0 Å². The number of carbonyl (C=O) groups excluding carboxylic acids is 1. The molecular weight excluding hydrogens is 188 g/mol. The summed E-state index contributed by atoms with van der Waals surface area (Å²) in [6.45, 7) is 1.38. The summed E-state index contributed by atoms with van der Waals surface area (Å²) >= 11 is 1.46. The summed E-state index contributed by atoms with van der Waals surface area (Å²) in [5.41, 5.74) is 0.604. The summed E-state index contributed by atoms with van der Waals surface area (Å²) in [7, 11) is 0. The Hall–Kier alpha value is -0.320. The van der Waals surface area contributed by atoms with Crippen molar-refractivity contribution in [2.24, 2.45) is 0 Å². The Kier molecular flexibility index (Phi) is 5.29. The highest BCUT2D eigenvalue weighted by Crippen LogP contribution is 2.29. The monoisotopic (exact) mass is 204 g/mol. The van der Waals surface area contributed by atoms with E-state index in [1.165, 1.54) is 11.8 Å². The van der Waals surface area contributed by atoms with E-state index in [2.05, 4.69) is 0 Å². The van der Waals surface area contributed by atoms with Crippen LogP contribution in [0.15, 0.2) is 10.5 Å². The Labute approximate surface area is 82.8 Å². The van der Waals surface area contributed by atoms with Crippen LogP contribution in [-0.2, 0) is 4.79 Å². The fourth-order valence-corrected chi connectivity index (χ4v) is 2.22. The van der Waals surface area contributed by atoms with Gasteiger partial charge in [0.15, 0.2) is 5.78 Å². The van der Waals surface area contributed by atoms with Gasteiger partial charge in [-0.25, -0.2) is 0 Å². The molecule has 3 nitrogen and oxygen atoms in total. The predicted octanol–water partition coefficient (Wildman–Crippen LogP) is 0.956. The number of hydrogen-bond donors (Lipinski definition) is 2. The van der Waals surface area contributed by atoms with Crippen molar-refractivity contribution in [1.82, 2.24) is 0 Å². The molecule has 0 saturated carbocycles. The topological polar surface area (TPSA) is 57.5 Å². The van der Waals surface area contributed by atoms with Crippen molar-refractivity contribution < 1.29 is 15.0 Å². The van der Waals surface area contributed by atoms with E-state index in [9.17, 15) is 9.90 Å². The first-order valence-electron chi connectivity index (χ1n) is 3.82. The van der Waals surface area contributed by atoms with Gasteiger partial charge in [0.05, 0.1) is 6.61 Å². The van der Waals surface area contributed by atoms with Crippen LogP contribution in [-0.4, -0.2) is 34.5 Å². The largest absolute Gasteiger partial charge is 0.393 e. The zero-order chi connectivity index (χ0) is 9.14. The number of aliphatic hydroxyl groups excluding tert-OH is 2. The minimum atomic E-state index is -0.876. The standard InChI is InChI=1S/C8H12O3S.CH4/c1-5-6(10)2-3-12-8(5)7(11)4-9;/h7,9,11H,2-4H2,1H3;1H4. The molecule has 4 heteroatoms. The minimum Gasteiger partial charge on any atom is -0.393 e. The van der Waals surface area contributed by atoms with Crippen LogP contribution < -0.4 is 0 Å². The third-order valence-electron chi connectivity index (χ3n) is 1.85. The lowest BCUT2D eigenvalue weighted by atomic mass is 10.1. The molecule has 0 radical (unpaired) electrons. The minimum absolute atomic E-state index is 0. The molecule has 0 saturated heterocycles. The lowest BCUT2D eigenvalue weighted by molar-refractivity contribution is -0.115. The number of allylic oxidation sites excluding steroid dienone is 1. The molecule has 0 amide bonds. The van der Waals surface area contributed by atoms with Crippen LogP contribution in [0.3, 0.4) is 0 Å². The Balaban J connectivity index is 0.00000144. The third-order valence-corrected chi connectivity index (χ3v) is 3.15. The Morgan fingerprint density at radius 1 is 1.62 bits per heavy atom. The molecule has 13 heavy (non-hydrogen) atoms. The van der Waals surface area contributed by atoms with Gasteiger partial charge in [0.1, 0.15) is 6.10 Å². The number of thioether (sulfide) groups is 1. The van der Waals surface area contributed by atoms with Crippen molar-refractivity contribution >= 4 is 17.5 Å². The van der Waals surface area contributed by atoms with Crippen LogP contribution in [0.25, 0.3) is 0 Å². The number of hydrogen-bond acceptors (Lipinski definition) is 4. The van der Waals surface area contributed by atoms with Gasteiger partial charge in [-0.15, -0.1) is 11.8 Å². The molecule has 1 aliphatic heterocycles. The molecule has 76 valence electrons. The fraction of sp³-hybridized carbons (Fsp3) is 0.667. The van der Waals surface area contributed by atoms with E-state index in [4.69, 9.17) is 5.11 Å². The zero-order valence-electron chi connectivity index (χ0n) is 6.91. The van der Waals surface area contributed by atoms with Gasteiger partial charge in [-0.2, -0.15) is 0 Å². The van der Waals surface area contributed by atoms with Gasteiger partial charge >= 0.3 is 0 Å². The highest BCUT2D eigenvalue weighted by molar-refractivity contribution is 8.03. The van der Waals surface area contributed by atoms with E-state index in [1.807, 2.05) is 0 Å². The predicted molar refractivity (Wildman–Crippen MR) is 54.6 cm³/mol. The highest BCUT2D eigenvalue weighted by atomic mass is 32.2. The SMILES string of the molecule is C.CC1=C(C(O)CO)SCCC1=O. The van der Waals surface area contributed by atoms with Crippen LogP contribution in [0, 0.1) is 0 Å². The van der Waals surface area contributed by atoms with Crippen molar-refractivity contribution in [2.45, 2.75) is 26.9 Å². The summed E-state index contributed by atoms with van der Waals surface area (Å²) < 4.78 is 0. The molecule has 1 heterocycles. The van der Waals surface area contributed by atoms with Crippen molar-refractivity contribution in [3.8, 4) is 0 Å². The Morgan fingerprint density at radius 2 is 2.23 bits per heavy atom. The van der Waals surface area contributed by atoms with Crippen LogP contribution in [0.5, 0.6) is 0 Å². The third kappa shape index (κ3) is 2.83. The van der Waals surface area contributed by atoms with Gasteiger partial charge in [0, 0.05) is 22.7 Å². The second-order valence-corrected chi connectivity index (χ2v) is 3.85. The first-order valence-corrected chi connectivity index (χ1v) is 4.81. The summed E-state index contributed by atoms with van der Waals surface area (Å²) in [5, 5.41) is 18.0. The van der Waals surface area contributed by atoms with E-state index >= 15 is 0 Å². The summed E-state index contributed by atoms with van der Waals surface area (Å²) in [6, 6.07) is 0. The van der Waals surface area contributed by atoms with E-state index in [-0.39, 0.29) is 19.8 Å². The second kappa shape index (κ2) is 5.42. The van der Waals surface area contributed by atoms with Crippen LogP contribution in [0.1, 0.15) is 20.8 Å². The molecule has 0 spiro atoms. The average Bonchev–Trinajstić information content (AvgIpc) is 2.08. The van der Waals surface area contributed by atoms with Gasteiger partial charge in [-0.1, -0.05) is 7.43 Å². The quantitative estimate of drug-likeness (QED) is 0.703. The summed E-state index contributed by atoms with van der Waals surface area (Å²) in [5.74, 6) is 0.791. The van der Waals surface area contributed by atoms with E-state index < -0.39 is 6.10 Å². The molecule has 0 aromatic carbocycles. The number of carbonyl (C=O) groups is 1. The van der Waals surface area contributed by atoms with Crippen molar-refractivity contribution in [3.05, 3.63) is 10.5 Å². The Bertz CT molecular complexity index is 223. The molecule has 1 aliphatic rings. The molecule has 2 N–H and O–H groups in total. The van der Waals surface area contributed by atoms with Gasteiger partial charge in [-0.3, -0.25) is 4.79 Å². The first kappa shape index (κ1) is 12.7. The molecule has 1 unspecified atom stereocenters. The summed E-state index contributed by atoms with van der Waals surface area (Å²) in [4.78, 5) is 11.8. The second-order valence-electron chi connectivity index (χ2n) is 2.71. The maximum absolute atomic E-state index is 11.2. The zero-order valence-corrected chi connectivity index (χ0v) is 7.73. The van der Waals surface area contributed by atoms with Crippen molar-refractivity contribution in [1.29, 1.82) is 0 Å². The van der Waals surface area contributed by atoms with Crippen LogP contribution >= 0.6 is 11.8 Å². The molecular formula is C9H16O3S. The van der Waals surface area contributed by atoms with Gasteiger partial charge in [0.25, 0.3) is 0 Å². The average molecular weight is 204 g/mol. The Morgan fingerprint density at radius 3 is 2.77 bits per heavy atom. The fourth-order valence-electron chi connectivity index (χ4n) is 1.12. The number of Topliss-reactive ketones (excluding diaryl/α,β-unsaturated/α-hetero) is 1. The maximum Gasteiger partial charge on any atom is 0.160 e. The lowest BCUT2D eigenvalue weighted by Crippen LogP contribution is -2.20. The number of ketones is 1. The van der Waals surface area contributed by atoms with E-state index in [1.54, 1.807) is 6.92 Å². The summed E-state index contributed by atoms with van der Waals surface area (Å²) in [6.07, 6.45) is -0.336. The smallest absolute Gasteiger partial charge is 0.160 e. The number of rotatable bonds is 2. The molecule has 0 aliphatic carbocycles. The van der Waals surface area contributed by atoms with Gasteiger partial charge in [-0.05, 0) is 6.92 Å². The maximum atomic E-state index is 11.2. The van der Waals surface area contributed by atoms with Gasteiger partial charge in [0.2, 0.25) is 0 Å². The van der Waals surface area contributed by atoms with Crippen molar-refractivity contribution in [2.75, 3.05) is 12.4 Å². The molecule has 0 aromatic heterocycles. The van der Waals surface area contributed by atoms with Crippen molar-refractivity contribution in [3.63, 3.8) is 0 Å². The molecule has 0 fully saturated rings. The molecule has 0 aromatic rings. The normalized spacial score (nSPS) is 19.8. The first-order chi connectivity index (χ1) is 5.66. The van der Waals surface area contributed by atoms with E-state index in [0.717, 1.165) is 0 Å². The molecule has 1 atom stereocenters. The number of aliphatic hydroxyl groups is 2. The molecule has 1 rings (SSSR count). The van der Waals surface area contributed by atoms with Crippen LogP contribution in [0.4, 0.5) is 0 Å². The molecule has 0 bridgehead atoms. The lowest BCUT2D eigenvalue weighted by Gasteiger charge is -2.19. The van der Waals surface area contributed by atoms with Gasteiger partial charge < -0.3 is 10.2 Å². The van der Waals surface area contributed by atoms with E-state index in [0.29, 0.717) is 22.7 Å².